The van der Waals surface area contributed by atoms with Crippen LogP contribution < -0.4 is 4.74 Å². The van der Waals surface area contributed by atoms with Gasteiger partial charge in [-0.15, -0.1) is 11.6 Å². The first-order valence-electron chi connectivity index (χ1n) is 5.31. The Balaban J connectivity index is 2.41. The van der Waals surface area contributed by atoms with Crippen molar-refractivity contribution in [3.63, 3.8) is 0 Å². The summed E-state index contributed by atoms with van der Waals surface area (Å²) in [7, 11) is 3.70. The minimum atomic E-state index is 0.673. The molecule has 2 rings (SSSR count). The highest BCUT2D eigenvalue weighted by atomic mass is 35.5. The molecule has 1 aromatic carbocycles. The van der Waals surface area contributed by atoms with Crippen LogP contribution in [0.2, 0.25) is 0 Å². The largest absolute Gasteiger partial charge is 0.497 e. The van der Waals surface area contributed by atoms with Gasteiger partial charge in [-0.3, -0.25) is 0 Å². The van der Waals surface area contributed by atoms with Gasteiger partial charge in [-0.1, -0.05) is 0 Å². The summed E-state index contributed by atoms with van der Waals surface area (Å²) < 4.78 is 7.29. The van der Waals surface area contributed by atoms with E-state index < -0.39 is 0 Å². The van der Waals surface area contributed by atoms with Crippen molar-refractivity contribution in [1.29, 1.82) is 0 Å². The Bertz CT molecular complexity index is 493. The molecule has 0 atom stereocenters. The molecule has 0 radical (unpaired) electrons. The van der Waals surface area contributed by atoms with Crippen molar-refractivity contribution in [3.05, 3.63) is 24.0 Å². The van der Waals surface area contributed by atoms with Crippen molar-refractivity contribution >= 4 is 22.6 Å². The molecule has 0 saturated heterocycles. The van der Waals surface area contributed by atoms with Gasteiger partial charge in [0.15, 0.2) is 0 Å². The van der Waals surface area contributed by atoms with E-state index in [1.165, 1.54) is 0 Å². The number of methoxy groups -OCH3 is 1. The molecule has 0 spiro atoms. The first-order valence-corrected chi connectivity index (χ1v) is 5.85. The summed E-state index contributed by atoms with van der Waals surface area (Å²) in [5, 5.41) is 0. The van der Waals surface area contributed by atoms with Crippen LogP contribution in [0, 0.1) is 0 Å². The SMILES string of the molecule is COc1ccc2c(c1)nc(CCCCl)n2C. The second-order valence-corrected chi connectivity index (χ2v) is 4.11. The fourth-order valence-electron chi connectivity index (χ4n) is 1.81. The van der Waals surface area contributed by atoms with Crippen LogP contribution in [-0.4, -0.2) is 22.5 Å². The molecule has 0 aliphatic carbocycles. The van der Waals surface area contributed by atoms with Crippen LogP contribution in [0.25, 0.3) is 11.0 Å². The highest BCUT2D eigenvalue weighted by Crippen LogP contribution is 2.21. The highest BCUT2D eigenvalue weighted by Gasteiger charge is 2.07. The van der Waals surface area contributed by atoms with Gasteiger partial charge in [0.2, 0.25) is 0 Å². The normalized spacial score (nSPS) is 10.9. The van der Waals surface area contributed by atoms with Crippen molar-refractivity contribution in [2.45, 2.75) is 12.8 Å². The molecule has 0 saturated carbocycles. The van der Waals surface area contributed by atoms with Gasteiger partial charge in [0.05, 0.1) is 18.1 Å². The molecule has 0 unspecified atom stereocenters. The number of hydrogen-bond acceptors (Lipinski definition) is 2. The average Bonchev–Trinajstić information content (AvgIpc) is 2.63. The minimum absolute atomic E-state index is 0.673. The van der Waals surface area contributed by atoms with Crippen LogP contribution in [0.15, 0.2) is 18.2 Å². The lowest BCUT2D eigenvalue weighted by atomic mass is 10.3. The average molecular weight is 239 g/mol. The predicted molar refractivity (Wildman–Crippen MR) is 66.3 cm³/mol. The van der Waals surface area contributed by atoms with E-state index in [0.717, 1.165) is 35.4 Å². The second-order valence-electron chi connectivity index (χ2n) is 3.73. The quantitative estimate of drug-likeness (QED) is 0.766. The number of ether oxygens (including phenoxy) is 1. The summed E-state index contributed by atoms with van der Waals surface area (Å²) in [6.07, 6.45) is 1.87. The van der Waals surface area contributed by atoms with Gasteiger partial charge in [0.1, 0.15) is 11.6 Å². The maximum Gasteiger partial charge on any atom is 0.121 e. The zero-order valence-electron chi connectivity index (χ0n) is 9.53. The summed E-state index contributed by atoms with van der Waals surface area (Å²) in [5.41, 5.74) is 2.11. The van der Waals surface area contributed by atoms with Gasteiger partial charge in [-0.25, -0.2) is 4.98 Å². The van der Waals surface area contributed by atoms with Crippen LogP contribution in [0.1, 0.15) is 12.2 Å². The molecular formula is C12H15ClN2O. The van der Waals surface area contributed by atoms with E-state index in [9.17, 15) is 0 Å². The van der Waals surface area contributed by atoms with E-state index in [1.807, 2.05) is 25.2 Å². The first-order chi connectivity index (χ1) is 7.76. The number of benzene rings is 1. The van der Waals surface area contributed by atoms with Crippen LogP contribution in [-0.2, 0) is 13.5 Å². The van der Waals surface area contributed by atoms with Crippen molar-refractivity contribution in [1.82, 2.24) is 9.55 Å². The third kappa shape index (κ3) is 2.00. The van der Waals surface area contributed by atoms with E-state index in [-0.39, 0.29) is 0 Å². The Morgan fingerprint density at radius 2 is 2.25 bits per heavy atom. The van der Waals surface area contributed by atoms with Crippen LogP contribution in [0.5, 0.6) is 5.75 Å². The maximum absolute atomic E-state index is 5.69. The van der Waals surface area contributed by atoms with E-state index in [1.54, 1.807) is 7.11 Å². The van der Waals surface area contributed by atoms with E-state index in [0.29, 0.717) is 5.88 Å². The number of aromatic nitrogens is 2. The molecule has 0 amide bonds. The molecule has 0 fully saturated rings. The number of rotatable bonds is 4. The zero-order valence-corrected chi connectivity index (χ0v) is 10.3. The number of imidazole rings is 1. The fourth-order valence-corrected chi connectivity index (χ4v) is 1.94. The number of alkyl halides is 1. The predicted octanol–water partition coefficient (Wildman–Crippen LogP) is 2.75. The summed E-state index contributed by atoms with van der Waals surface area (Å²) in [6.45, 7) is 0. The summed E-state index contributed by atoms with van der Waals surface area (Å²) in [4.78, 5) is 4.58. The molecule has 0 aliphatic rings. The Labute approximate surface area is 100.0 Å². The Hall–Kier alpha value is -1.22. The standard InChI is InChI=1S/C12H15ClN2O/c1-15-11-6-5-9(16-2)8-10(11)14-12(15)4-3-7-13/h5-6,8H,3-4,7H2,1-2H3. The summed E-state index contributed by atoms with van der Waals surface area (Å²) >= 11 is 5.69. The molecule has 0 bridgehead atoms. The molecule has 0 N–H and O–H groups in total. The minimum Gasteiger partial charge on any atom is -0.497 e. The lowest BCUT2D eigenvalue weighted by Crippen LogP contribution is -1.98. The molecule has 86 valence electrons. The lowest BCUT2D eigenvalue weighted by molar-refractivity contribution is 0.415. The molecule has 3 nitrogen and oxygen atoms in total. The van der Waals surface area contributed by atoms with Crippen LogP contribution in [0.3, 0.4) is 0 Å². The Kier molecular flexibility index (Phi) is 3.34. The van der Waals surface area contributed by atoms with Crippen LogP contribution >= 0.6 is 11.6 Å². The molecule has 2 aromatic rings. The lowest BCUT2D eigenvalue weighted by Gasteiger charge is -2.01. The number of hydrogen-bond donors (Lipinski definition) is 0. The van der Waals surface area contributed by atoms with Gasteiger partial charge < -0.3 is 9.30 Å². The Morgan fingerprint density at radius 1 is 1.44 bits per heavy atom. The number of nitrogens with zero attached hydrogens (tertiary/aromatic N) is 2. The van der Waals surface area contributed by atoms with Gasteiger partial charge in [0.25, 0.3) is 0 Å². The number of fused-ring (bicyclic) bond motifs is 1. The summed E-state index contributed by atoms with van der Waals surface area (Å²) in [5.74, 6) is 2.59. The molecule has 1 aromatic heterocycles. The third-order valence-corrected chi connectivity index (χ3v) is 2.98. The highest BCUT2D eigenvalue weighted by molar-refractivity contribution is 6.17. The van der Waals surface area contributed by atoms with E-state index in [2.05, 4.69) is 9.55 Å². The number of aryl methyl sites for hydroxylation is 2. The van der Waals surface area contributed by atoms with Gasteiger partial charge in [-0.2, -0.15) is 0 Å². The molecule has 1 heterocycles. The molecule has 4 heteroatoms. The van der Waals surface area contributed by atoms with E-state index in [4.69, 9.17) is 16.3 Å². The molecule has 16 heavy (non-hydrogen) atoms. The van der Waals surface area contributed by atoms with Crippen molar-refractivity contribution < 1.29 is 4.74 Å². The smallest absolute Gasteiger partial charge is 0.121 e. The first kappa shape index (κ1) is 11.3. The topological polar surface area (TPSA) is 27.1 Å². The van der Waals surface area contributed by atoms with Crippen LogP contribution in [0.4, 0.5) is 0 Å². The van der Waals surface area contributed by atoms with Crippen molar-refractivity contribution in [2.75, 3.05) is 13.0 Å². The molecular weight excluding hydrogens is 224 g/mol. The third-order valence-electron chi connectivity index (χ3n) is 2.71. The van der Waals surface area contributed by atoms with Gasteiger partial charge in [0, 0.05) is 25.4 Å². The molecule has 0 aliphatic heterocycles. The van der Waals surface area contributed by atoms with Gasteiger partial charge >= 0.3 is 0 Å². The second kappa shape index (κ2) is 4.74. The number of halogens is 1. The van der Waals surface area contributed by atoms with Crippen molar-refractivity contribution in [3.8, 4) is 5.75 Å². The maximum atomic E-state index is 5.69. The monoisotopic (exact) mass is 238 g/mol. The van der Waals surface area contributed by atoms with Gasteiger partial charge in [-0.05, 0) is 18.6 Å². The summed E-state index contributed by atoms with van der Waals surface area (Å²) in [6, 6.07) is 5.94. The van der Waals surface area contributed by atoms with E-state index >= 15 is 0 Å². The van der Waals surface area contributed by atoms with Crippen molar-refractivity contribution in [2.24, 2.45) is 7.05 Å². The fraction of sp³-hybridized carbons (Fsp3) is 0.417. The zero-order chi connectivity index (χ0) is 11.5. The Morgan fingerprint density at radius 3 is 2.94 bits per heavy atom.